The molecule has 0 radical (unpaired) electrons. The van der Waals surface area contributed by atoms with Crippen molar-refractivity contribution in [1.82, 2.24) is 5.32 Å². The van der Waals surface area contributed by atoms with Gasteiger partial charge in [0.05, 0.1) is 4.92 Å². The predicted octanol–water partition coefficient (Wildman–Crippen LogP) is 3.81. The van der Waals surface area contributed by atoms with Crippen molar-refractivity contribution >= 4 is 17.7 Å². The van der Waals surface area contributed by atoms with Crippen LogP contribution in [0.2, 0.25) is 0 Å². The normalized spacial score (nSPS) is 12.9. The minimum absolute atomic E-state index is 0.105. The molecule has 0 heterocycles. The number of hydrogen-bond acceptors (Lipinski definition) is 6. The zero-order chi connectivity index (χ0) is 20.3. The van der Waals surface area contributed by atoms with Crippen molar-refractivity contribution < 1.29 is 24.0 Å². The Kier molecular flexibility index (Phi) is 6.35. The van der Waals surface area contributed by atoms with Crippen LogP contribution in [0.15, 0.2) is 18.2 Å². The molecule has 0 aliphatic carbocycles. The van der Waals surface area contributed by atoms with E-state index in [1.807, 2.05) is 0 Å². The summed E-state index contributed by atoms with van der Waals surface area (Å²) in [6.45, 7) is 11.8. The second-order valence-corrected chi connectivity index (χ2v) is 7.91. The number of alkyl carbamates (subject to hydrolysis) is 1. The number of nitro benzene ring substituents is 1. The van der Waals surface area contributed by atoms with Gasteiger partial charge in [-0.2, -0.15) is 0 Å². The third-order valence-corrected chi connectivity index (χ3v) is 3.08. The fourth-order valence-electron chi connectivity index (χ4n) is 2.15. The molecule has 1 unspecified atom stereocenters. The largest absolute Gasteiger partial charge is 0.458 e. The second-order valence-electron chi connectivity index (χ2n) is 7.91. The monoisotopic (exact) mass is 366 g/mol. The maximum atomic E-state index is 12.6. The van der Waals surface area contributed by atoms with Gasteiger partial charge in [0.2, 0.25) is 0 Å². The van der Waals surface area contributed by atoms with E-state index in [9.17, 15) is 19.7 Å². The molecule has 0 aromatic heterocycles. The molecule has 0 spiro atoms. The van der Waals surface area contributed by atoms with E-state index in [0.717, 1.165) is 0 Å². The average molecular weight is 366 g/mol. The first-order valence-corrected chi connectivity index (χ1v) is 8.17. The zero-order valence-corrected chi connectivity index (χ0v) is 16.2. The SMILES string of the molecule is Cc1cc([N+](=O)[O-])ccc1C(NC(=O)OC(C)(C)C)C(=O)OC(C)(C)C. The van der Waals surface area contributed by atoms with Crippen molar-refractivity contribution in [3.05, 3.63) is 39.4 Å². The van der Waals surface area contributed by atoms with E-state index in [1.54, 1.807) is 48.5 Å². The standard InChI is InChI=1S/C18H26N2O6/c1-11-10-12(20(23)24)8-9-13(11)14(15(21)25-17(2,3)4)19-16(22)26-18(5,6)7/h8-10,14H,1-7H3,(H,19,22). The van der Waals surface area contributed by atoms with Gasteiger partial charge in [0, 0.05) is 12.1 Å². The Morgan fingerprint density at radius 1 is 1.08 bits per heavy atom. The Bertz CT molecular complexity index is 701. The van der Waals surface area contributed by atoms with Crippen LogP contribution in [0.4, 0.5) is 10.5 Å². The summed E-state index contributed by atoms with van der Waals surface area (Å²) in [5, 5.41) is 13.4. The molecule has 1 atom stereocenters. The summed E-state index contributed by atoms with van der Waals surface area (Å²) >= 11 is 0. The van der Waals surface area contributed by atoms with E-state index in [4.69, 9.17) is 9.47 Å². The molecule has 8 nitrogen and oxygen atoms in total. The summed E-state index contributed by atoms with van der Waals surface area (Å²) in [6, 6.07) is 2.89. The molecular formula is C18H26N2O6. The number of carbonyl (C=O) groups excluding carboxylic acids is 2. The maximum Gasteiger partial charge on any atom is 0.408 e. The van der Waals surface area contributed by atoms with Crippen LogP contribution in [0.1, 0.15) is 58.7 Å². The van der Waals surface area contributed by atoms with Gasteiger partial charge in [-0.15, -0.1) is 0 Å². The molecule has 0 saturated carbocycles. The zero-order valence-electron chi connectivity index (χ0n) is 16.2. The third kappa shape index (κ3) is 6.70. The lowest BCUT2D eigenvalue weighted by molar-refractivity contribution is -0.384. The number of rotatable bonds is 4. The van der Waals surface area contributed by atoms with Gasteiger partial charge in [-0.3, -0.25) is 10.1 Å². The van der Waals surface area contributed by atoms with Crippen LogP contribution in [0.25, 0.3) is 0 Å². The van der Waals surface area contributed by atoms with Crippen LogP contribution in [-0.4, -0.2) is 28.2 Å². The van der Waals surface area contributed by atoms with Gasteiger partial charge >= 0.3 is 12.1 Å². The van der Waals surface area contributed by atoms with Gasteiger partial charge in [-0.1, -0.05) is 0 Å². The Balaban J connectivity index is 3.21. The van der Waals surface area contributed by atoms with Gasteiger partial charge in [0.15, 0.2) is 6.04 Å². The van der Waals surface area contributed by atoms with E-state index in [2.05, 4.69) is 5.32 Å². The average Bonchev–Trinajstić information content (AvgIpc) is 2.41. The van der Waals surface area contributed by atoms with Crippen LogP contribution < -0.4 is 5.32 Å². The minimum Gasteiger partial charge on any atom is -0.458 e. The molecular weight excluding hydrogens is 340 g/mol. The highest BCUT2D eigenvalue weighted by molar-refractivity contribution is 5.83. The number of nitro groups is 1. The van der Waals surface area contributed by atoms with Gasteiger partial charge in [0.25, 0.3) is 5.69 Å². The summed E-state index contributed by atoms with van der Waals surface area (Å²) in [4.78, 5) is 35.1. The summed E-state index contributed by atoms with van der Waals surface area (Å²) in [5.74, 6) is -0.680. The molecule has 1 aromatic rings. The van der Waals surface area contributed by atoms with Crippen LogP contribution in [0.5, 0.6) is 0 Å². The number of non-ortho nitro benzene ring substituents is 1. The van der Waals surface area contributed by atoms with Gasteiger partial charge < -0.3 is 14.8 Å². The Hall–Kier alpha value is -2.64. The molecule has 0 saturated heterocycles. The molecule has 0 fully saturated rings. The minimum atomic E-state index is -1.15. The van der Waals surface area contributed by atoms with Gasteiger partial charge in [-0.05, 0) is 65.7 Å². The van der Waals surface area contributed by atoms with E-state index < -0.39 is 34.2 Å². The maximum absolute atomic E-state index is 12.6. The van der Waals surface area contributed by atoms with E-state index in [0.29, 0.717) is 11.1 Å². The van der Waals surface area contributed by atoms with Crippen molar-refractivity contribution in [1.29, 1.82) is 0 Å². The Morgan fingerprint density at radius 3 is 2.04 bits per heavy atom. The first kappa shape index (κ1) is 21.4. The summed E-state index contributed by atoms with van der Waals surface area (Å²) < 4.78 is 10.6. The molecule has 144 valence electrons. The molecule has 0 aliphatic rings. The van der Waals surface area contributed by atoms with Crippen molar-refractivity contribution in [2.75, 3.05) is 0 Å². The smallest absolute Gasteiger partial charge is 0.408 e. The molecule has 1 N–H and O–H groups in total. The lowest BCUT2D eigenvalue weighted by Crippen LogP contribution is -2.41. The van der Waals surface area contributed by atoms with E-state index >= 15 is 0 Å². The number of hydrogen-bond donors (Lipinski definition) is 1. The lowest BCUT2D eigenvalue weighted by Gasteiger charge is -2.27. The van der Waals surface area contributed by atoms with Crippen LogP contribution in [0.3, 0.4) is 0 Å². The van der Waals surface area contributed by atoms with Gasteiger partial charge in [-0.25, -0.2) is 9.59 Å². The molecule has 8 heteroatoms. The van der Waals surface area contributed by atoms with Crippen molar-refractivity contribution in [3.63, 3.8) is 0 Å². The number of nitrogens with zero attached hydrogens (tertiary/aromatic N) is 1. The Morgan fingerprint density at radius 2 is 1.62 bits per heavy atom. The van der Waals surface area contributed by atoms with Crippen LogP contribution in [-0.2, 0) is 14.3 Å². The highest BCUT2D eigenvalue weighted by Gasteiger charge is 2.31. The van der Waals surface area contributed by atoms with Crippen molar-refractivity contribution in [2.24, 2.45) is 0 Å². The molecule has 0 aliphatic heterocycles. The van der Waals surface area contributed by atoms with E-state index in [-0.39, 0.29) is 5.69 Å². The molecule has 1 amide bonds. The number of carbonyl (C=O) groups is 2. The molecule has 1 aromatic carbocycles. The van der Waals surface area contributed by atoms with Crippen LogP contribution in [0, 0.1) is 17.0 Å². The highest BCUT2D eigenvalue weighted by atomic mass is 16.6. The molecule has 26 heavy (non-hydrogen) atoms. The Labute approximate surface area is 153 Å². The number of benzene rings is 1. The first-order chi connectivity index (χ1) is 11.7. The summed E-state index contributed by atoms with van der Waals surface area (Å²) in [6.07, 6.45) is -0.786. The summed E-state index contributed by atoms with van der Waals surface area (Å²) in [5.41, 5.74) is -0.736. The fraction of sp³-hybridized carbons (Fsp3) is 0.556. The highest BCUT2D eigenvalue weighted by Crippen LogP contribution is 2.25. The second kappa shape index (κ2) is 7.72. The number of esters is 1. The van der Waals surface area contributed by atoms with E-state index in [1.165, 1.54) is 18.2 Å². The summed E-state index contributed by atoms with van der Waals surface area (Å²) in [7, 11) is 0. The molecule has 0 bridgehead atoms. The lowest BCUT2D eigenvalue weighted by atomic mass is 10.0. The number of nitrogens with one attached hydrogen (secondary N) is 1. The van der Waals surface area contributed by atoms with Crippen molar-refractivity contribution in [3.8, 4) is 0 Å². The van der Waals surface area contributed by atoms with Crippen molar-refractivity contribution in [2.45, 2.75) is 65.7 Å². The fourth-order valence-corrected chi connectivity index (χ4v) is 2.15. The van der Waals surface area contributed by atoms with Gasteiger partial charge in [0.1, 0.15) is 11.2 Å². The topological polar surface area (TPSA) is 108 Å². The quantitative estimate of drug-likeness (QED) is 0.493. The number of amides is 1. The predicted molar refractivity (Wildman–Crippen MR) is 95.8 cm³/mol. The van der Waals surface area contributed by atoms with Crippen LogP contribution >= 0.6 is 0 Å². The first-order valence-electron chi connectivity index (χ1n) is 8.17. The number of aryl methyl sites for hydroxylation is 1. The third-order valence-electron chi connectivity index (χ3n) is 3.08. The molecule has 1 rings (SSSR count). The number of ether oxygens (including phenoxy) is 2.